The zero-order chi connectivity index (χ0) is 24.9. The molecule has 0 saturated carbocycles. The number of carbonyl (C=O) groups is 2. The predicted octanol–water partition coefficient (Wildman–Crippen LogP) is 5.85. The number of aromatic nitrogens is 2. The van der Waals surface area contributed by atoms with Gasteiger partial charge in [-0.25, -0.2) is 9.78 Å². The first-order valence-corrected chi connectivity index (χ1v) is 11.6. The van der Waals surface area contributed by atoms with Crippen molar-refractivity contribution in [2.24, 2.45) is 0 Å². The van der Waals surface area contributed by atoms with Crippen molar-refractivity contribution in [1.82, 2.24) is 9.55 Å². The summed E-state index contributed by atoms with van der Waals surface area (Å²) in [4.78, 5) is 29.0. The smallest absolute Gasteiger partial charge is 0.347 e. The van der Waals surface area contributed by atoms with E-state index in [0.29, 0.717) is 17.3 Å². The second kappa shape index (κ2) is 10.5. The minimum atomic E-state index is -1.33. The number of anilines is 1. The molecule has 0 saturated heterocycles. The van der Waals surface area contributed by atoms with Crippen LogP contribution in [0.4, 0.5) is 5.69 Å². The van der Waals surface area contributed by atoms with E-state index < -0.39 is 11.6 Å². The number of rotatable bonds is 10. The van der Waals surface area contributed by atoms with Gasteiger partial charge in [-0.2, -0.15) is 0 Å². The number of hydrogen-bond donors (Lipinski definition) is 2. The molecular formula is C27H33N3O4. The summed E-state index contributed by atoms with van der Waals surface area (Å²) in [5.41, 5.74) is 2.73. The first-order chi connectivity index (χ1) is 16.1. The third kappa shape index (κ3) is 6.04. The number of nitrogens with one attached hydrogen (secondary N) is 1. The average molecular weight is 464 g/mol. The van der Waals surface area contributed by atoms with Crippen LogP contribution in [0.25, 0.3) is 11.4 Å². The number of imidazole rings is 1. The van der Waals surface area contributed by atoms with Crippen molar-refractivity contribution >= 4 is 17.6 Å². The molecule has 34 heavy (non-hydrogen) atoms. The molecule has 1 amide bonds. The van der Waals surface area contributed by atoms with Crippen LogP contribution >= 0.6 is 0 Å². The number of unbranched alkanes of at least 4 members (excludes halogenated alkanes) is 2. The number of carboxylic acid groups (broad SMARTS) is 1. The zero-order valence-corrected chi connectivity index (χ0v) is 20.5. The lowest BCUT2D eigenvalue weighted by Gasteiger charge is -2.21. The van der Waals surface area contributed by atoms with Gasteiger partial charge in [0.05, 0.1) is 0 Å². The van der Waals surface area contributed by atoms with Gasteiger partial charge in [-0.15, -0.1) is 0 Å². The summed E-state index contributed by atoms with van der Waals surface area (Å²) in [5, 5.41) is 12.3. The van der Waals surface area contributed by atoms with E-state index in [0.717, 1.165) is 48.2 Å². The summed E-state index contributed by atoms with van der Waals surface area (Å²) in [6.07, 6.45) is 4.95. The highest BCUT2D eigenvalue weighted by Crippen LogP contribution is 2.26. The molecule has 0 bridgehead atoms. The molecule has 0 spiro atoms. The Labute approximate surface area is 200 Å². The fraction of sp³-hybridized carbons (Fsp3) is 0.370. The van der Waals surface area contributed by atoms with Gasteiger partial charge in [-0.3, -0.25) is 4.79 Å². The topological polar surface area (TPSA) is 93.5 Å². The van der Waals surface area contributed by atoms with Crippen LogP contribution < -0.4 is 10.1 Å². The van der Waals surface area contributed by atoms with Gasteiger partial charge >= 0.3 is 5.97 Å². The number of aliphatic carboxylic acids is 1. The highest BCUT2D eigenvalue weighted by Gasteiger charge is 2.29. The Morgan fingerprint density at radius 2 is 1.79 bits per heavy atom. The number of carboxylic acids is 1. The lowest BCUT2D eigenvalue weighted by Crippen LogP contribution is -2.37. The van der Waals surface area contributed by atoms with Crippen molar-refractivity contribution in [3.63, 3.8) is 0 Å². The lowest BCUT2D eigenvalue weighted by molar-refractivity contribution is -0.152. The van der Waals surface area contributed by atoms with E-state index in [9.17, 15) is 14.7 Å². The van der Waals surface area contributed by atoms with Crippen molar-refractivity contribution in [2.45, 2.75) is 66.0 Å². The maximum atomic E-state index is 13.0. The second-order valence-electron chi connectivity index (χ2n) is 9.06. The van der Waals surface area contributed by atoms with Crippen molar-refractivity contribution in [3.05, 3.63) is 65.5 Å². The van der Waals surface area contributed by atoms with E-state index in [1.165, 1.54) is 13.8 Å². The first kappa shape index (κ1) is 25.0. The van der Waals surface area contributed by atoms with Crippen LogP contribution in [0.5, 0.6) is 5.75 Å². The highest BCUT2D eigenvalue weighted by molar-refractivity contribution is 6.03. The fourth-order valence-electron chi connectivity index (χ4n) is 3.61. The maximum absolute atomic E-state index is 13.0. The zero-order valence-electron chi connectivity index (χ0n) is 20.5. The number of ether oxygens (including phenoxy) is 1. The molecule has 2 N–H and O–H groups in total. The second-order valence-corrected chi connectivity index (χ2v) is 9.06. The molecule has 2 aromatic carbocycles. The summed E-state index contributed by atoms with van der Waals surface area (Å²) >= 11 is 0. The SMILES string of the molecule is CCCCCn1cc(C(=O)Nc2ccc(C)cc2C)nc1-c1ccc(OC(C)(C)C(=O)O)cc1. The molecule has 180 valence electrons. The summed E-state index contributed by atoms with van der Waals surface area (Å²) in [7, 11) is 0. The Bertz CT molecular complexity index is 1160. The highest BCUT2D eigenvalue weighted by atomic mass is 16.5. The van der Waals surface area contributed by atoms with Crippen molar-refractivity contribution in [3.8, 4) is 17.1 Å². The Morgan fingerprint density at radius 1 is 1.09 bits per heavy atom. The standard InChI is InChI=1S/C27H33N3O4/c1-6-7-8-15-30-17-23(25(31)29-22-14-9-18(2)16-19(22)3)28-24(30)20-10-12-21(13-11-20)34-27(4,5)26(32)33/h9-14,16-17H,6-8,15H2,1-5H3,(H,29,31)(H,32,33). The lowest BCUT2D eigenvalue weighted by atomic mass is 10.1. The minimum absolute atomic E-state index is 0.259. The molecule has 1 aromatic heterocycles. The quantitative estimate of drug-likeness (QED) is 0.368. The molecule has 3 aromatic rings. The Hall–Kier alpha value is -3.61. The molecule has 7 heteroatoms. The predicted molar refractivity (Wildman–Crippen MR) is 133 cm³/mol. The normalized spacial score (nSPS) is 11.3. The van der Waals surface area contributed by atoms with Gasteiger partial charge in [0.15, 0.2) is 5.60 Å². The number of nitrogens with zero attached hydrogens (tertiary/aromatic N) is 2. The molecule has 7 nitrogen and oxygen atoms in total. The Kier molecular flexibility index (Phi) is 7.76. The summed E-state index contributed by atoms with van der Waals surface area (Å²) in [6, 6.07) is 13.0. The molecule has 0 atom stereocenters. The molecular weight excluding hydrogens is 430 g/mol. The van der Waals surface area contributed by atoms with Crippen LogP contribution in [0.2, 0.25) is 0 Å². The monoisotopic (exact) mass is 463 g/mol. The van der Waals surface area contributed by atoms with Gasteiger partial charge in [0.2, 0.25) is 0 Å². The van der Waals surface area contributed by atoms with Crippen molar-refractivity contribution in [1.29, 1.82) is 0 Å². The number of hydrogen-bond acceptors (Lipinski definition) is 4. The Morgan fingerprint density at radius 3 is 2.41 bits per heavy atom. The van der Waals surface area contributed by atoms with E-state index in [1.807, 2.05) is 48.7 Å². The van der Waals surface area contributed by atoms with Crippen LogP contribution in [-0.4, -0.2) is 32.1 Å². The number of benzene rings is 2. The molecule has 0 aliphatic heterocycles. The number of amides is 1. The van der Waals surface area contributed by atoms with E-state index in [-0.39, 0.29) is 5.91 Å². The maximum Gasteiger partial charge on any atom is 0.347 e. The molecule has 3 rings (SSSR count). The third-order valence-electron chi connectivity index (χ3n) is 5.64. The molecule has 0 aliphatic carbocycles. The number of carbonyl (C=O) groups excluding carboxylic acids is 1. The van der Waals surface area contributed by atoms with Gasteiger partial charge < -0.3 is 19.7 Å². The molecule has 0 unspecified atom stereocenters. The van der Waals surface area contributed by atoms with Gasteiger partial charge in [-0.1, -0.05) is 37.5 Å². The molecule has 0 aliphatic rings. The average Bonchev–Trinajstić information content (AvgIpc) is 3.20. The van der Waals surface area contributed by atoms with Crippen LogP contribution in [0, 0.1) is 13.8 Å². The number of aryl methyl sites for hydroxylation is 3. The van der Waals surface area contributed by atoms with Gasteiger partial charge in [0.1, 0.15) is 17.3 Å². The van der Waals surface area contributed by atoms with Gasteiger partial charge in [-0.05, 0) is 70.0 Å². The van der Waals surface area contributed by atoms with Crippen LogP contribution in [-0.2, 0) is 11.3 Å². The minimum Gasteiger partial charge on any atom is -0.478 e. The Balaban J connectivity index is 1.87. The van der Waals surface area contributed by atoms with Crippen LogP contribution in [0.1, 0.15) is 61.6 Å². The summed E-state index contributed by atoms with van der Waals surface area (Å²) < 4.78 is 7.61. The third-order valence-corrected chi connectivity index (χ3v) is 5.64. The van der Waals surface area contributed by atoms with Crippen molar-refractivity contribution < 1.29 is 19.4 Å². The summed E-state index contributed by atoms with van der Waals surface area (Å²) in [5.74, 6) is -0.160. The van der Waals surface area contributed by atoms with E-state index in [1.54, 1.807) is 18.3 Å². The van der Waals surface area contributed by atoms with E-state index in [2.05, 4.69) is 17.2 Å². The molecule has 0 radical (unpaired) electrons. The van der Waals surface area contributed by atoms with Crippen LogP contribution in [0.15, 0.2) is 48.7 Å². The summed E-state index contributed by atoms with van der Waals surface area (Å²) in [6.45, 7) is 9.88. The van der Waals surface area contributed by atoms with E-state index in [4.69, 9.17) is 4.74 Å². The fourth-order valence-corrected chi connectivity index (χ4v) is 3.61. The first-order valence-electron chi connectivity index (χ1n) is 11.6. The van der Waals surface area contributed by atoms with Gasteiger partial charge in [0.25, 0.3) is 5.91 Å². The van der Waals surface area contributed by atoms with Crippen molar-refractivity contribution in [2.75, 3.05) is 5.32 Å². The molecule has 1 heterocycles. The molecule has 0 fully saturated rings. The van der Waals surface area contributed by atoms with E-state index >= 15 is 0 Å². The largest absolute Gasteiger partial charge is 0.478 e. The van der Waals surface area contributed by atoms with Crippen LogP contribution in [0.3, 0.4) is 0 Å². The van der Waals surface area contributed by atoms with Gasteiger partial charge in [0, 0.05) is 24.0 Å².